The minimum atomic E-state index is -4.06. The molecule has 0 saturated carbocycles. The molecule has 1 amide bonds. The fraction of sp³-hybridized carbons (Fsp3) is 0.208. The molecule has 0 fully saturated rings. The normalized spacial score (nSPS) is 11.2. The molecule has 0 aliphatic heterocycles. The highest BCUT2D eigenvalue weighted by atomic mass is 35.5. The third kappa shape index (κ3) is 7.22. The van der Waals surface area contributed by atoms with Crippen LogP contribution in [0.15, 0.2) is 77.7 Å². The Morgan fingerprint density at radius 2 is 1.64 bits per heavy atom. The Labute approximate surface area is 203 Å². The summed E-state index contributed by atoms with van der Waals surface area (Å²) in [4.78, 5) is 12.5. The molecule has 1 N–H and O–H groups in total. The smallest absolute Gasteiger partial charge is 0.264 e. The average molecular weight is 507 g/mol. The standard InChI is InChI=1S/C24H24ClFN2O3S2/c1-18-2-10-22(11-3-18)28(33(30,31)23-12-8-21(26)9-13-23)16-24(29)27-14-15-32-17-19-4-6-20(25)7-5-19/h2-13H,14-17H2,1H3,(H,27,29). The van der Waals surface area contributed by atoms with E-state index in [1.807, 2.05) is 31.2 Å². The first-order valence-corrected chi connectivity index (χ1v) is 13.2. The minimum absolute atomic E-state index is 0.0872. The van der Waals surface area contributed by atoms with Gasteiger partial charge in [-0.05, 0) is 61.0 Å². The van der Waals surface area contributed by atoms with E-state index in [4.69, 9.17) is 11.6 Å². The van der Waals surface area contributed by atoms with Crippen LogP contribution in [0.1, 0.15) is 11.1 Å². The van der Waals surface area contributed by atoms with Gasteiger partial charge in [0.05, 0.1) is 10.6 Å². The topological polar surface area (TPSA) is 66.5 Å². The van der Waals surface area contributed by atoms with Crippen LogP contribution < -0.4 is 9.62 Å². The Kier molecular flexibility index (Phi) is 8.77. The van der Waals surface area contributed by atoms with E-state index in [9.17, 15) is 17.6 Å². The van der Waals surface area contributed by atoms with Crippen molar-refractivity contribution in [2.75, 3.05) is 23.1 Å². The Bertz CT molecular complexity index is 1170. The van der Waals surface area contributed by atoms with E-state index in [-0.39, 0.29) is 11.4 Å². The molecule has 0 spiro atoms. The number of nitrogens with zero attached hydrogens (tertiary/aromatic N) is 1. The van der Waals surface area contributed by atoms with Crippen LogP contribution >= 0.6 is 23.4 Å². The lowest BCUT2D eigenvalue weighted by Gasteiger charge is -2.24. The molecule has 0 saturated heterocycles. The summed E-state index contributed by atoms with van der Waals surface area (Å²) in [5.74, 6) is 0.489. The second-order valence-corrected chi connectivity index (χ2v) is 10.7. The van der Waals surface area contributed by atoms with E-state index in [0.29, 0.717) is 23.0 Å². The maximum atomic E-state index is 13.3. The van der Waals surface area contributed by atoms with Crippen LogP contribution in [0.3, 0.4) is 0 Å². The lowest BCUT2D eigenvalue weighted by Crippen LogP contribution is -2.41. The highest BCUT2D eigenvalue weighted by Gasteiger charge is 2.27. The van der Waals surface area contributed by atoms with Gasteiger partial charge in [-0.25, -0.2) is 12.8 Å². The number of amides is 1. The number of thioether (sulfide) groups is 1. The molecule has 0 radical (unpaired) electrons. The summed E-state index contributed by atoms with van der Waals surface area (Å²) in [5, 5.41) is 3.46. The van der Waals surface area contributed by atoms with E-state index in [1.165, 1.54) is 12.1 Å². The second kappa shape index (κ2) is 11.5. The first-order chi connectivity index (χ1) is 15.8. The molecule has 3 aromatic carbocycles. The number of hydrogen-bond donors (Lipinski definition) is 1. The van der Waals surface area contributed by atoms with Gasteiger partial charge in [0, 0.05) is 23.1 Å². The van der Waals surface area contributed by atoms with Gasteiger partial charge in [-0.1, -0.05) is 41.4 Å². The minimum Gasteiger partial charge on any atom is -0.354 e. The van der Waals surface area contributed by atoms with E-state index in [0.717, 1.165) is 33.3 Å². The number of halogens is 2. The van der Waals surface area contributed by atoms with Gasteiger partial charge in [-0.3, -0.25) is 9.10 Å². The summed E-state index contributed by atoms with van der Waals surface area (Å²) < 4.78 is 40.8. The van der Waals surface area contributed by atoms with Crippen molar-refractivity contribution in [1.29, 1.82) is 0 Å². The van der Waals surface area contributed by atoms with Crippen LogP contribution in [0.4, 0.5) is 10.1 Å². The number of rotatable bonds is 10. The van der Waals surface area contributed by atoms with Gasteiger partial charge in [0.15, 0.2) is 0 Å². The number of hydrogen-bond acceptors (Lipinski definition) is 4. The zero-order chi connectivity index (χ0) is 23.8. The Balaban J connectivity index is 1.63. The Morgan fingerprint density at radius 1 is 1.00 bits per heavy atom. The van der Waals surface area contributed by atoms with Gasteiger partial charge in [0.25, 0.3) is 10.0 Å². The van der Waals surface area contributed by atoms with Gasteiger partial charge in [0.1, 0.15) is 12.4 Å². The first kappa shape index (κ1) is 25.1. The Hall–Kier alpha value is -2.55. The number of aryl methyl sites for hydroxylation is 1. The van der Waals surface area contributed by atoms with Crippen molar-refractivity contribution in [3.8, 4) is 0 Å². The third-order valence-corrected chi connectivity index (χ3v) is 7.83. The van der Waals surface area contributed by atoms with Crippen LogP contribution in [0.25, 0.3) is 0 Å². The fourth-order valence-corrected chi connectivity index (χ4v) is 5.35. The molecule has 3 rings (SSSR count). The molecule has 0 aliphatic rings. The number of carbonyl (C=O) groups excluding carboxylic acids is 1. The van der Waals surface area contributed by atoms with Crippen molar-refractivity contribution >= 4 is 45.0 Å². The molecule has 0 bridgehead atoms. The summed E-state index contributed by atoms with van der Waals surface area (Å²) in [6.45, 7) is 1.90. The SMILES string of the molecule is Cc1ccc(N(CC(=O)NCCSCc2ccc(Cl)cc2)S(=O)(=O)c2ccc(F)cc2)cc1. The molecule has 9 heteroatoms. The number of anilines is 1. The maximum Gasteiger partial charge on any atom is 0.264 e. The molecule has 33 heavy (non-hydrogen) atoms. The molecule has 0 aliphatic carbocycles. The average Bonchev–Trinajstić information content (AvgIpc) is 2.79. The molecule has 0 unspecified atom stereocenters. The molecule has 0 aromatic heterocycles. The van der Waals surface area contributed by atoms with Crippen LogP contribution in [-0.2, 0) is 20.6 Å². The van der Waals surface area contributed by atoms with Gasteiger partial charge >= 0.3 is 0 Å². The van der Waals surface area contributed by atoms with E-state index in [1.54, 1.807) is 36.0 Å². The highest BCUT2D eigenvalue weighted by molar-refractivity contribution is 7.98. The monoisotopic (exact) mass is 506 g/mol. The van der Waals surface area contributed by atoms with E-state index < -0.39 is 21.7 Å². The fourth-order valence-electron chi connectivity index (χ4n) is 2.98. The van der Waals surface area contributed by atoms with Gasteiger partial charge < -0.3 is 5.32 Å². The molecule has 5 nitrogen and oxygen atoms in total. The predicted octanol–water partition coefficient (Wildman–Crippen LogP) is 5.03. The zero-order valence-electron chi connectivity index (χ0n) is 18.0. The van der Waals surface area contributed by atoms with Crippen molar-refractivity contribution in [2.24, 2.45) is 0 Å². The van der Waals surface area contributed by atoms with E-state index >= 15 is 0 Å². The lowest BCUT2D eigenvalue weighted by atomic mass is 10.2. The van der Waals surface area contributed by atoms with Crippen LogP contribution in [0.5, 0.6) is 0 Å². The summed E-state index contributed by atoms with van der Waals surface area (Å²) in [7, 11) is -4.06. The molecule has 174 valence electrons. The largest absolute Gasteiger partial charge is 0.354 e. The third-order valence-electron chi connectivity index (χ3n) is 4.76. The molecule has 0 atom stereocenters. The van der Waals surface area contributed by atoms with Gasteiger partial charge in [-0.15, -0.1) is 0 Å². The van der Waals surface area contributed by atoms with Crippen molar-refractivity contribution in [3.63, 3.8) is 0 Å². The summed E-state index contributed by atoms with van der Waals surface area (Å²) in [5.41, 5.74) is 2.45. The van der Waals surface area contributed by atoms with Gasteiger partial charge in [0.2, 0.25) is 5.91 Å². The maximum absolute atomic E-state index is 13.3. The summed E-state index contributed by atoms with van der Waals surface area (Å²) in [6.07, 6.45) is 0. The molecular formula is C24H24ClFN2O3S2. The van der Waals surface area contributed by atoms with Crippen molar-refractivity contribution in [2.45, 2.75) is 17.6 Å². The highest BCUT2D eigenvalue weighted by Crippen LogP contribution is 2.24. The van der Waals surface area contributed by atoms with E-state index in [2.05, 4.69) is 5.32 Å². The predicted molar refractivity (Wildman–Crippen MR) is 133 cm³/mol. The number of carbonyl (C=O) groups is 1. The molecule has 0 heterocycles. The lowest BCUT2D eigenvalue weighted by molar-refractivity contribution is -0.119. The Morgan fingerprint density at radius 3 is 2.27 bits per heavy atom. The quantitative estimate of drug-likeness (QED) is 0.391. The second-order valence-electron chi connectivity index (χ2n) is 7.33. The van der Waals surface area contributed by atoms with Crippen molar-refractivity contribution in [3.05, 3.63) is 94.8 Å². The van der Waals surface area contributed by atoms with Gasteiger partial charge in [-0.2, -0.15) is 11.8 Å². The zero-order valence-corrected chi connectivity index (χ0v) is 20.4. The summed E-state index contributed by atoms with van der Waals surface area (Å²) in [6, 6.07) is 19.0. The number of sulfonamides is 1. The molecular weight excluding hydrogens is 483 g/mol. The van der Waals surface area contributed by atoms with Crippen molar-refractivity contribution in [1.82, 2.24) is 5.32 Å². The number of nitrogens with one attached hydrogen (secondary N) is 1. The summed E-state index contributed by atoms with van der Waals surface area (Å²) >= 11 is 7.53. The number of benzene rings is 3. The van der Waals surface area contributed by atoms with Crippen LogP contribution in [0, 0.1) is 12.7 Å². The van der Waals surface area contributed by atoms with Crippen molar-refractivity contribution < 1.29 is 17.6 Å². The molecule has 3 aromatic rings. The van der Waals surface area contributed by atoms with Crippen LogP contribution in [-0.4, -0.2) is 33.2 Å². The first-order valence-electron chi connectivity index (χ1n) is 10.2. The van der Waals surface area contributed by atoms with Crippen LogP contribution in [0.2, 0.25) is 5.02 Å².